The molecule has 1 atom stereocenters. The van der Waals surface area contributed by atoms with E-state index in [4.69, 9.17) is 4.74 Å². The van der Waals surface area contributed by atoms with Crippen LogP contribution in [-0.2, 0) is 10.2 Å². The first-order valence-electron chi connectivity index (χ1n) is 15.4. The van der Waals surface area contributed by atoms with Crippen molar-refractivity contribution in [2.75, 3.05) is 23.8 Å². The van der Waals surface area contributed by atoms with Crippen molar-refractivity contribution >= 4 is 37.6 Å². The largest absolute Gasteiger partial charge is 0.443 e. The van der Waals surface area contributed by atoms with E-state index >= 15 is 0 Å². The number of benzene rings is 2. The predicted octanol–water partition coefficient (Wildman–Crippen LogP) is 6.59. The van der Waals surface area contributed by atoms with Gasteiger partial charge in [0, 0.05) is 35.8 Å². The van der Waals surface area contributed by atoms with E-state index in [1.54, 1.807) is 30.1 Å². The summed E-state index contributed by atoms with van der Waals surface area (Å²) in [7, 11) is -0.925. The van der Waals surface area contributed by atoms with Gasteiger partial charge < -0.3 is 20.2 Å². The third kappa shape index (κ3) is 7.21. The Bertz CT molecular complexity index is 1700. The molecule has 0 aliphatic carbocycles. The number of carbonyl (C=O) groups excluding carboxylic acids is 2. The second-order valence-electron chi connectivity index (χ2n) is 14.5. The molecule has 2 amide bonds. The summed E-state index contributed by atoms with van der Waals surface area (Å²) in [5.74, 6) is 0.411. The molecule has 11 nitrogen and oxygen atoms in total. The molecule has 0 bridgehead atoms. The normalized spacial score (nSPS) is 16.4. The lowest BCUT2D eigenvalue weighted by Crippen LogP contribution is -2.42. The van der Waals surface area contributed by atoms with Gasteiger partial charge in [-0.05, 0) is 94.1 Å². The van der Waals surface area contributed by atoms with Crippen LogP contribution in [0.5, 0.6) is 0 Å². The van der Waals surface area contributed by atoms with Crippen molar-refractivity contribution in [3.8, 4) is 17.5 Å². The molecule has 0 unspecified atom stereocenters. The van der Waals surface area contributed by atoms with Gasteiger partial charge in [-0.2, -0.15) is 10.2 Å². The first-order valence-corrected chi connectivity index (χ1v) is 18.3. The second-order valence-corrected chi connectivity index (χ2v) is 18.9. The van der Waals surface area contributed by atoms with Crippen LogP contribution in [0.4, 0.5) is 22.1 Å². The Morgan fingerprint density at radius 1 is 1.15 bits per heavy atom. The molecule has 0 fully saturated rings. The third-order valence-electron chi connectivity index (χ3n) is 9.03. The number of nitrogens with zero attached hydrogens (tertiary/aromatic N) is 5. The molecule has 3 N–H and O–H groups in total. The number of hydrogen-bond acceptors (Lipinski definition) is 9. The van der Waals surface area contributed by atoms with E-state index in [-0.39, 0.29) is 16.9 Å². The number of rotatable bonds is 8. The summed E-state index contributed by atoms with van der Waals surface area (Å²) in [6, 6.07) is 11.3. The number of nitrogens with one attached hydrogen (secondary N) is 2. The monoisotopic (exact) mass is 643 g/mol. The minimum absolute atomic E-state index is 0.210. The highest BCUT2D eigenvalue weighted by molar-refractivity contribution is 6.72. The van der Waals surface area contributed by atoms with Gasteiger partial charge >= 0.3 is 6.09 Å². The van der Waals surface area contributed by atoms with E-state index in [2.05, 4.69) is 52.4 Å². The molecule has 1 aliphatic rings. The Labute approximate surface area is 272 Å². The number of amides is 2. The summed E-state index contributed by atoms with van der Waals surface area (Å²) in [5, 5.41) is 15.9. The van der Waals surface area contributed by atoms with E-state index in [0.717, 1.165) is 17.5 Å². The molecule has 0 radical (unpaired) electrons. The van der Waals surface area contributed by atoms with Gasteiger partial charge in [0.1, 0.15) is 18.0 Å². The van der Waals surface area contributed by atoms with Crippen LogP contribution in [0, 0.1) is 18.3 Å². The lowest BCUT2D eigenvalue weighted by molar-refractivity contribution is 0.0577. The molecule has 2 aromatic carbocycles. The quantitative estimate of drug-likeness (QED) is 0.231. The van der Waals surface area contributed by atoms with E-state index in [9.17, 15) is 19.6 Å². The number of fused-ring (bicyclic) bond motifs is 1. The van der Waals surface area contributed by atoms with Crippen LogP contribution in [0.2, 0.25) is 18.1 Å². The van der Waals surface area contributed by atoms with Crippen molar-refractivity contribution < 1.29 is 19.1 Å². The standard InChI is InChI=1S/C34H45N7O4Si/c1-21-11-12-22(29(42)36-8)17-26(21)39-30-38-20-37-28(40-30)23-15-24(18-35)27-25(16-23)34(7,14-13-33(5,6)46(9,10)44)19-41(27)31(43)45-32(2,3)4/h11-12,15-17,20,44H,13-14,19H2,1-10H3,(H,36,42)(H,37,38,39,40)/t34-/m0/s1. The average Bonchev–Trinajstić information content (AvgIpc) is 3.28. The average molecular weight is 644 g/mol. The van der Waals surface area contributed by atoms with Crippen LogP contribution in [0.3, 0.4) is 0 Å². The maximum absolute atomic E-state index is 13.5. The Balaban J connectivity index is 1.79. The number of ether oxygens (including phenoxy) is 1. The van der Waals surface area contributed by atoms with Gasteiger partial charge in [-0.1, -0.05) is 26.8 Å². The van der Waals surface area contributed by atoms with Gasteiger partial charge in [0.05, 0.1) is 11.3 Å². The smallest absolute Gasteiger partial charge is 0.414 e. The summed E-state index contributed by atoms with van der Waals surface area (Å²) < 4.78 is 5.78. The molecule has 0 saturated heterocycles. The van der Waals surface area contributed by atoms with Gasteiger partial charge in [-0.25, -0.2) is 14.8 Å². The summed E-state index contributed by atoms with van der Waals surface area (Å²) >= 11 is 0. The first kappa shape index (κ1) is 34.5. The number of carbonyl (C=O) groups is 2. The van der Waals surface area contributed by atoms with E-state index in [1.165, 1.54) is 6.33 Å². The van der Waals surface area contributed by atoms with Crippen LogP contribution >= 0.6 is 0 Å². The number of hydrogen-bond donors (Lipinski definition) is 3. The van der Waals surface area contributed by atoms with Crippen LogP contribution in [0.1, 0.15) is 81.4 Å². The van der Waals surface area contributed by atoms with Gasteiger partial charge in [-0.3, -0.25) is 9.69 Å². The number of aryl methyl sites for hydroxylation is 1. The predicted molar refractivity (Wildman–Crippen MR) is 182 cm³/mol. The summed E-state index contributed by atoms with van der Waals surface area (Å²) in [5.41, 5.74) is 3.05. The number of aromatic nitrogens is 3. The fourth-order valence-corrected chi connectivity index (χ4v) is 6.09. The Hall–Kier alpha value is -4.34. The Kier molecular flexibility index (Phi) is 9.35. The fraction of sp³-hybridized carbons (Fsp3) is 0.471. The first-order chi connectivity index (χ1) is 21.3. The third-order valence-corrected chi connectivity index (χ3v) is 12.6. The summed E-state index contributed by atoms with van der Waals surface area (Å²) in [6.45, 7) is 17.8. The number of anilines is 3. The molecule has 4 rings (SSSR count). The highest BCUT2D eigenvalue weighted by atomic mass is 28.4. The minimum atomic E-state index is -2.50. The molecule has 46 heavy (non-hydrogen) atoms. The molecular weight excluding hydrogens is 599 g/mol. The molecule has 244 valence electrons. The molecule has 1 aromatic heterocycles. The van der Waals surface area contributed by atoms with Crippen molar-refractivity contribution in [2.24, 2.45) is 0 Å². The highest BCUT2D eigenvalue weighted by Crippen LogP contribution is 2.50. The van der Waals surface area contributed by atoms with Crippen LogP contribution < -0.4 is 15.5 Å². The van der Waals surface area contributed by atoms with Gasteiger partial charge in [0.2, 0.25) is 5.95 Å². The second kappa shape index (κ2) is 12.5. The summed E-state index contributed by atoms with van der Waals surface area (Å²) in [4.78, 5) is 51.7. The van der Waals surface area contributed by atoms with Gasteiger partial charge in [-0.15, -0.1) is 0 Å². The van der Waals surface area contributed by atoms with E-state index in [1.807, 2.05) is 52.9 Å². The molecular formula is C34H45N7O4Si. The van der Waals surface area contributed by atoms with Crippen LogP contribution in [0.15, 0.2) is 36.7 Å². The molecule has 3 aromatic rings. The van der Waals surface area contributed by atoms with Gasteiger partial charge in [0.25, 0.3) is 5.91 Å². The van der Waals surface area contributed by atoms with Crippen molar-refractivity contribution in [2.45, 2.75) is 90.5 Å². The molecule has 2 heterocycles. The maximum atomic E-state index is 13.5. The highest BCUT2D eigenvalue weighted by Gasteiger charge is 2.47. The van der Waals surface area contributed by atoms with Crippen LogP contribution in [-0.4, -0.2) is 59.3 Å². The Morgan fingerprint density at radius 3 is 2.46 bits per heavy atom. The number of nitriles is 1. The fourth-order valence-electron chi connectivity index (χ4n) is 5.35. The van der Waals surface area contributed by atoms with Crippen molar-refractivity contribution in [1.82, 2.24) is 20.3 Å². The van der Waals surface area contributed by atoms with Crippen molar-refractivity contribution in [3.63, 3.8) is 0 Å². The Morgan fingerprint density at radius 2 is 1.85 bits per heavy atom. The maximum Gasteiger partial charge on any atom is 0.414 e. The van der Waals surface area contributed by atoms with Crippen LogP contribution in [0.25, 0.3) is 11.4 Å². The van der Waals surface area contributed by atoms with Crippen molar-refractivity contribution in [1.29, 1.82) is 5.26 Å². The summed E-state index contributed by atoms with van der Waals surface area (Å²) in [6.07, 6.45) is 2.27. The molecule has 12 heteroatoms. The molecule has 0 saturated carbocycles. The topological polar surface area (TPSA) is 153 Å². The SMILES string of the molecule is CNC(=O)c1ccc(C)c(Nc2ncnc(-c3cc(C#N)c4c(c3)[C@@](C)(CCC(C)(C)[Si](C)(C)O)CN4C(=O)OC(C)(C)C)n2)c1. The minimum Gasteiger partial charge on any atom is -0.443 e. The lowest BCUT2D eigenvalue weighted by atomic mass is 9.77. The molecule has 1 aliphatic heterocycles. The molecule has 0 spiro atoms. The lowest BCUT2D eigenvalue weighted by Gasteiger charge is -2.38. The zero-order valence-corrected chi connectivity index (χ0v) is 29.5. The zero-order chi connectivity index (χ0) is 34.2. The van der Waals surface area contributed by atoms with Crippen molar-refractivity contribution in [3.05, 3.63) is 58.9 Å². The zero-order valence-electron chi connectivity index (χ0n) is 28.5. The van der Waals surface area contributed by atoms with E-state index in [0.29, 0.717) is 46.9 Å². The van der Waals surface area contributed by atoms with Gasteiger partial charge in [0.15, 0.2) is 14.1 Å². The van der Waals surface area contributed by atoms with E-state index < -0.39 is 25.4 Å².